The number of nitrogens with one attached hydrogen (secondary N) is 1. The molecule has 0 bridgehead atoms. The van der Waals surface area contributed by atoms with Gasteiger partial charge in [0.1, 0.15) is 17.5 Å². The molecule has 3 aliphatic rings. The van der Waals surface area contributed by atoms with Crippen LogP contribution in [-0.2, 0) is 38.4 Å². The number of hydrogen-bond donors (Lipinski definition) is 1. The molecular formula is C38H52ClN3O10S. The molecular weight excluding hydrogens is 726 g/mol. The number of nitrogens with zero attached hydrogens (tertiary/aromatic N) is 2. The molecule has 0 radical (unpaired) electrons. The van der Waals surface area contributed by atoms with E-state index in [-0.39, 0.29) is 31.7 Å². The second-order valence-corrected chi connectivity index (χ2v) is 18.2. The SMILES string of the molecule is CCOc1cc(O[C@@H]2C[C@@H](C(=O)C[C@]3(C(=O)NS(=O)(=O)OC4CC4)C[C@H]3CC)N(C(=O)[C@@H](CC(=O)OC(C)(C)C)C(C)(C)C)C2)c2cccc(Cl)c2n1. The van der Waals surface area contributed by atoms with Gasteiger partial charge < -0.3 is 19.1 Å². The first kappa shape index (κ1) is 40.7. The molecule has 1 aromatic carbocycles. The Kier molecular flexibility index (Phi) is 11.8. The maximum atomic E-state index is 14.6. The van der Waals surface area contributed by atoms with Crippen LogP contribution in [0, 0.1) is 22.7 Å². The van der Waals surface area contributed by atoms with Crippen molar-refractivity contribution in [3.8, 4) is 11.6 Å². The van der Waals surface area contributed by atoms with Crippen LogP contribution in [0.15, 0.2) is 24.3 Å². The van der Waals surface area contributed by atoms with Crippen molar-refractivity contribution in [2.75, 3.05) is 13.2 Å². The molecule has 5 atom stereocenters. The quantitative estimate of drug-likeness (QED) is 0.213. The topological polar surface area (TPSA) is 167 Å². The number of rotatable bonds is 15. The number of fused-ring (bicyclic) bond motifs is 1. The van der Waals surface area contributed by atoms with Crippen LogP contribution in [0.5, 0.6) is 11.6 Å². The summed E-state index contributed by atoms with van der Waals surface area (Å²) in [6.07, 6.45) is 0.478. The summed E-state index contributed by atoms with van der Waals surface area (Å²) < 4.78 is 50.2. The summed E-state index contributed by atoms with van der Waals surface area (Å²) in [7, 11) is -4.36. The number of likely N-dealkylation sites (tertiary alicyclic amines) is 1. The van der Waals surface area contributed by atoms with Gasteiger partial charge in [0.25, 0.3) is 0 Å². The average Bonchev–Trinajstić information content (AvgIpc) is 3.95. The first-order chi connectivity index (χ1) is 24.7. The fourth-order valence-corrected chi connectivity index (χ4v) is 8.35. The Balaban J connectivity index is 1.47. The van der Waals surface area contributed by atoms with Gasteiger partial charge in [-0.3, -0.25) is 23.4 Å². The predicted molar refractivity (Wildman–Crippen MR) is 197 cm³/mol. The van der Waals surface area contributed by atoms with E-state index in [9.17, 15) is 27.6 Å². The molecule has 1 saturated heterocycles. The lowest BCUT2D eigenvalue weighted by Crippen LogP contribution is -2.48. The molecule has 15 heteroatoms. The monoisotopic (exact) mass is 777 g/mol. The largest absolute Gasteiger partial charge is 0.488 e. The molecule has 2 saturated carbocycles. The summed E-state index contributed by atoms with van der Waals surface area (Å²) in [5.74, 6) is -2.56. The van der Waals surface area contributed by atoms with Crippen LogP contribution >= 0.6 is 11.6 Å². The summed E-state index contributed by atoms with van der Waals surface area (Å²) >= 11 is 6.50. The number of amides is 2. The fraction of sp³-hybridized carbons (Fsp3) is 0.658. The Morgan fingerprint density at radius 2 is 1.77 bits per heavy atom. The van der Waals surface area contributed by atoms with E-state index >= 15 is 0 Å². The van der Waals surface area contributed by atoms with E-state index in [1.165, 1.54) is 4.90 Å². The molecule has 13 nitrogen and oxygen atoms in total. The van der Waals surface area contributed by atoms with Crippen LogP contribution in [0.25, 0.3) is 10.9 Å². The highest BCUT2D eigenvalue weighted by atomic mass is 35.5. The molecule has 2 aliphatic carbocycles. The zero-order chi connectivity index (χ0) is 39.1. The minimum absolute atomic E-state index is 0.00446. The third-order valence-corrected chi connectivity index (χ3v) is 11.3. The summed E-state index contributed by atoms with van der Waals surface area (Å²) in [4.78, 5) is 61.8. The molecule has 3 fully saturated rings. The Hall–Kier alpha value is -3.49. The van der Waals surface area contributed by atoms with Crippen molar-refractivity contribution in [1.29, 1.82) is 0 Å². The zero-order valence-electron chi connectivity index (χ0n) is 31.8. The number of halogens is 1. The van der Waals surface area contributed by atoms with Crippen molar-refractivity contribution in [2.45, 2.75) is 124 Å². The van der Waals surface area contributed by atoms with Crippen LogP contribution in [-0.4, -0.2) is 78.9 Å². The predicted octanol–water partition coefficient (Wildman–Crippen LogP) is 5.94. The second-order valence-electron chi connectivity index (χ2n) is 16.5. The molecule has 2 amide bonds. The Labute approximate surface area is 317 Å². The lowest BCUT2D eigenvalue weighted by Gasteiger charge is -2.35. The zero-order valence-corrected chi connectivity index (χ0v) is 33.4. The van der Waals surface area contributed by atoms with Gasteiger partial charge in [-0.25, -0.2) is 9.71 Å². The van der Waals surface area contributed by atoms with Gasteiger partial charge in [0.2, 0.25) is 17.7 Å². The van der Waals surface area contributed by atoms with Gasteiger partial charge in [-0.15, -0.1) is 0 Å². The molecule has 53 heavy (non-hydrogen) atoms. The number of para-hydroxylation sites is 1. The number of Topliss-reactive ketones (excluding diaryl/α,β-unsaturated/α-hetero) is 1. The third kappa shape index (κ3) is 9.79. The summed E-state index contributed by atoms with van der Waals surface area (Å²) in [6, 6.07) is 5.89. The number of carbonyl (C=O) groups is 4. The first-order valence-corrected chi connectivity index (χ1v) is 20.1. The second kappa shape index (κ2) is 15.3. The normalized spacial score (nSPS) is 23.7. The number of hydrogen-bond acceptors (Lipinski definition) is 11. The highest BCUT2D eigenvalue weighted by Gasteiger charge is 2.61. The summed E-state index contributed by atoms with van der Waals surface area (Å²) in [5, 5.41) is 1.00. The van der Waals surface area contributed by atoms with Gasteiger partial charge in [-0.2, -0.15) is 8.42 Å². The molecule has 2 heterocycles. The maximum Gasteiger partial charge on any atom is 0.362 e. The average molecular weight is 778 g/mol. The number of ether oxygens (including phenoxy) is 3. The van der Waals surface area contributed by atoms with Crippen molar-refractivity contribution < 1.29 is 46.0 Å². The van der Waals surface area contributed by atoms with Crippen molar-refractivity contribution in [3.05, 3.63) is 29.3 Å². The van der Waals surface area contributed by atoms with E-state index in [1.54, 1.807) is 45.0 Å². The maximum absolute atomic E-state index is 14.6. The van der Waals surface area contributed by atoms with Gasteiger partial charge in [0.15, 0.2) is 5.78 Å². The minimum Gasteiger partial charge on any atom is -0.488 e. The first-order valence-electron chi connectivity index (χ1n) is 18.4. The number of ketones is 1. The van der Waals surface area contributed by atoms with Gasteiger partial charge in [-0.1, -0.05) is 51.8 Å². The van der Waals surface area contributed by atoms with E-state index < -0.39 is 74.5 Å². The van der Waals surface area contributed by atoms with E-state index in [1.807, 2.05) is 34.6 Å². The highest BCUT2D eigenvalue weighted by molar-refractivity contribution is 7.85. The standard InChI is InChI=1S/C38H52ClN3O10S/c1-9-22-19-38(22,35(46)41-53(47,48)52-23-14-15-23)20-29(43)28-16-24(50-30-18-31(49-10-2)40-33-25(30)12-11-13-27(33)39)21-42(28)34(45)26(36(3,4)5)17-32(44)51-37(6,7)8/h11-13,18,22-24,26,28H,9-10,14-17,19-21H2,1-8H3,(H,41,46)/t22-,24-,26-,28+,38-/m1/s1. The summed E-state index contributed by atoms with van der Waals surface area (Å²) in [5.41, 5.74) is -2.28. The van der Waals surface area contributed by atoms with Gasteiger partial charge in [0.05, 0.1) is 53.6 Å². The van der Waals surface area contributed by atoms with Crippen molar-refractivity contribution >= 4 is 56.4 Å². The Morgan fingerprint density at radius 1 is 1.08 bits per heavy atom. The molecule has 1 N–H and O–H groups in total. The molecule has 1 aliphatic heterocycles. The lowest BCUT2D eigenvalue weighted by atomic mass is 9.77. The van der Waals surface area contributed by atoms with E-state index in [0.29, 0.717) is 59.8 Å². The van der Waals surface area contributed by atoms with Crippen molar-refractivity contribution in [2.24, 2.45) is 22.7 Å². The van der Waals surface area contributed by atoms with Gasteiger partial charge in [0, 0.05) is 24.3 Å². The number of pyridine rings is 1. The highest BCUT2D eigenvalue weighted by Crippen LogP contribution is 2.58. The molecule has 0 unspecified atom stereocenters. The van der Waals surface area contributed by atoms with Crippen LogP contribution in [0.1, 0.15) is 100 Å². The number of benzene rings is 1. The smallest absolute Gasteiger partial charge is 0.362 e. The summed E-state index contributed by atoms with van der Waals surface area (Å²) in [6.45, 7) is 14.8. The third-order valence-electron chi connectivity index (χ3n) is 10.0. The van der Waals surface area contributed by atoms with Gasteiger partial charge >= 0.3 is 16.3 Å². The van der Waals surface area contributed by atoms with E-state index in [4.69, 9.17) is 30.0 Å². The molecule has 0 spiro atoms. The molecule has 1 aromatic heterocycles. The van der Waals surface area contributed by atoms with Gasteiger partial charge in [-0.05, 0) is 70.4 Å². The van der Waals surface area contributed by atoms with Crippen LogP contribution in [0.3, 0.4) is 0 Å². The lowest BCUT2D eigenvalue weighted by molar-refractivity contribution is -0.161. The van der Waals surface area contributed by atoms with Crippen molar-refractivity contribution in [1.82, 2.24) is 14.6 Å². The molecule has 5 rings (SSSR count). The van der Waals surface area contributed by atoms with Crippen LogP contribution in [0.4, 0.5) is 0 Å². The number of carbonyl (C=O) groups excluding carboxylic acids is 4. The Morgan fingerprint density at radius 3 is 2.36 bits per heavy atom. The number of aromatic nitrogens is 1. The van der Waals surface area contributed by atoms with E-state index in [2.05, 4.69) is 9.71 Å². The van der Waals surface area contributed by atoms with E-state index in [0.717, 1.165) is 0 Å². The number of esters is 1. The van der Waals surface area contributed by atoms with Crippen LogP contribution < -0.4 is 14.2 Å². The Bertz CT molecular complexity index is 1850. The van der Waals surface area contributed by atoms with Crippen LogP contribution in [0.2, 0.25) is 5.02 Å². The molecule has 292 valence electrons. The molecule has 2 aromatic rings. The fourth-order valence-electron chi connectivity index (χ4n) is 7.11. The van der Waals surface area contributed by atoms with Crippen molar-refractivity contribution in [3.63, 3.8) is 0 Å². The minimum atomic E-state index is -4.36.